The summed E-state index contributed by atoms with van der Waals surface area (Å²) in [5, 5.41) is 3.32. The van der Waals surface area contributed by atoms with Crippen LogP contribution in [0.25, 0.3) is 0 Å². The molecule has 0 aromatic heterocycles. The number of benzene rings is 1. The predicted octanol–water partition coefficient (Wildman–Crippen LogP) is 3.23. The van der Waals surface area contributed by atoms with Crippen LogP contribution in [0.15, 0.2) is 55.1 Å². The lowest BCUT2D eigenvalue weighted by Gasteiger charge is -2.14. The van der Waals surface area contributed by atoms with Crippen molar-refractivity contribution in [1.29, 1.82) is 0 Å². The molecule has 0 saturated carbocycles. The summed E-state index contributed by atoms with van der Waals surface area (Å²) in [6, 6.07) is 10.3. The molecule has 0 aliphatic carbocycles. The standard InChI is InChI=1S/C12H15N/c1-4-10(2)11(3)13-12-8-6-5-7-9-12/h4-9,11,13H,1-2H2,3H3/t11-/m0/s1. The average molecular weight is 173 g/mol. The van der Waals surface area contributed by atoms with Crippen LogP contribution in [0, 0.1) is 0 Å². The third kappa shape index (κ3) is 2.79. The summed E-state index contributed by atoms with van der Waals surface area (Å²) < 4.78 is 0. The molecule has 1 aromatic carbocycles. The van der Waals surface area contributed by atoms with E-state index in [2.05, 4.69) is 25.4 Å². The Morgan fingerprint density at radius 3 is 2.54 bits per heavy atom. The van der Waals surface area contributed by atoms with Gasteiger partial charge in [0, 0.05) is 11.7 Å². The molecule has 1 atom stereocenters. The van der Waals surface area contributed by atoms with E-state index < -0.39 is 0 Å². The molecule has 1 rings (SSSR count). The number of hydrogen-bond donors (Lipinski definition) is 1. The molecule has 0 unspecified atom stereocenters. The first kappa shape index (κ1) is 9.59. The molecule has 13 heavy (non-hydrogen) atoms. The maximum Gasteiger partial charge on any atom is 0.0479 e. The van der Waals surface area contributed by atoms with Gasteiger partial charge in [0.15, 0.2) is 0 Å². The zero-order chi connectivity index (χ0) is 9.68. The van der Waals surface area contributed by atoms with Gasteiger partial charge in [-0.05, 0) is 24.6 Å². The highest BCUT2D eigenvalue weighted by molar-refractivity contribution is 5.45. The molecule has 0 fully saturated rings. The van der Waals surface area contributed by atoms with Crippen molar-refractivity contribution in [2.24, 2.45) is 0 Å². The van der Waals surface area contributed by atoms with Crippen LogP contribution < -0.4 is 5.32 Å². The van der Waals surface area contributed by atoms with E-state index in [4.69, 9.17) is 0 Å². The van der Waals surface area contributed by atoms with Gasteiger partial charge in [0.2, 0.25) is 0 Å². The highest BCUT2D eigenvalue weighted by Gasteiger charge is 2.01. The second-order valence-corrected chi connectivity index (χ2v) is 3.01. The summed E-state index contributed by atoms with van der Waals surface area (Å²) in [6.45, 7) is 9.64. The van der Waals surface area contributed by atoms with E-state index in [1.54, 1.807) is 6.08 Å². The van der Waals surface area contributed by atoms with Gasteiger partial charge >= 0.3 is 0 Å². The second-order valence-electron chi connectivity index (χ2n) is 3.01. The van der Waals surface area contributed by atoms with Crippen LogP contribution in [0.2, 0.25) is 0 Å². The Hall–Kier alpha value is -1.50. The summed E-state index contributed by atoms with van der Waals surface area (Å²) in [5.41, 5.74) is 2.11. The Morgan fingerprint density at radius 1 is 1.38 bits per heavy atom. The minimum atomic E-state index is 0.236. The fourth-order valence-corrected chi connectivity index (χ4v) is 1.05. The molecule has 0 bridgehead atoms. The molecule has 1 heteroatoms. The third-order valence-electron chi connectivity index (χ3n) is 1.98. The molecule has 0 amide bonds. The topological polar surface area (TPSA) is 12.0 Å². The van der Waals surface area contributed by atoms with E-state index in [0.717, 1.165) is 11.3 Å². The summed E-state index contributed by atoms with van der Waals surface area (Å²) >= 11 is 0. The lowest BCUT2D eigenvalue weighted by atomic mass is 10.1. The Bertz CT molecular complexity index is 287. The smallest absolute Gasteiger partial charge is 0.0479 e. The van der Waals surface area contributed by atoms with Gasteiger partial charge in [-0.25, -0.2) is 0 Å². The lowest BCUT2D eigenvalue weighted by Crippen LogP contribution is -2.15. The van der Waals surface area contributed by atoms with Gasteiger partial charge in [-0.3, -0.25) is 0 Å². The summed E-state index contributed by atoms with van der Waals surface area (Å²) in [6.07, 6.45) is 1.78. The van der Waals surface area contributed by atoms with Crippen LogP contribution in [0.4, 0.5) is 5.69 Å². The molecule has 0 aliphatic heterocycles. The largest absolute Gasteiger partial charge is 0.379 e. The minimum absolute atomic E-state index is 0.236. The molecule has 1 N–H and O–H groups in total. The Labute approximate surface area is 79.8 Å². The number of para-hydroxylation sites is 1. The summed E-state index contributed by atoms with van der Waals surface area (Å²) in [7, 11) is 0. The highest BCUT2D eigenvalue weighted by Crippen LogP contribution is 2.10. The molecule has 0 saturated heterocycles. The van der Waals surface area contributed by atoms with Crippen molar-refractivity contribution < 1.29 is 0 Å². The van der Waals surface area contributed by atoms with Gasteiger partial charge in [0.1, 0.15) is 0 Å². The minimum Gasteiger partial charge on any atom is -0.379 e. The maximum atomic E-state index is 3.89. The lowest BCUT2D eigenvalue weighted by molar-refractivity contribution is 0.958. The number of anilines is 1. The number of nitrogens with one attached hydrogen (secondary N) is 1. The van der Waals surface area contributed by atoms with E-state index >= 15 is 0 Å². The van der Waals surface area contributed by atoms with Crippen molar-refractivity contribution in [2.75, 3.05) is 5.32 Å². The molecule has 68 valence electrons. The molecule has 0 aliphatic rings. The normalized spacial score (nSPS) is 11.8. The van der Waals surface area contributed by atoms with E-state index in [1.165, 1.54) is 0 Å². The van der Waals surface area contributed by atoms with Crippen LogP contribution in [-0.4, -0.2) is 6.04 Å². The maximum absolute atomic E-state index is 3.89. The van der Waals surface area contributed by atoms with E-state index in [1.807, 2.05) is 30.3 Å². The van der Waals surface area contributed by atoms with Gasteiger partial charge in [0.25, 0.3) is 0 Å². The van der Waals surface area contributed by atoms with E-state index in [9.17, 15) is 0 Å². The first-order chi connectivity index (χ1) is 6.24. The Balaban J connectivity index is 2.60. The van der Waals surface area contributed by atoms with Gasteiger partial charge in [-0.2, -0.15) is 0 Å². The summed E-state index contributed by atoms with van der Waals surface area (Å²) in [5.74, 6) is 0. The van der Waals surface area contributed by atoms with Gasteiger partial charge in [-0.15, -0.1) is 0 Å². The van der Waals surface area contributed by atoms with Crippen LogP contribution in [-0.2, 0) is 0 Å². The quantitative estimate of drug-likeness (QED) is 0.689. The van der Waals surface area contributed by atoms with Crippen LogP contribution >= 0.6 is 0 Å². The van der Waals surface area contributed by atoms with Gasteiger partial charge in [-0.1, -0.05) is 37.4 Å². The monoisotopic (exact) mass is 173 g/mol. The fourth-order valence-electron chi connectivity index (χ4n) is 1.05. The SMILES string of the molecule is C=CC(=C)[C@H](C)Nc1ccccc1. The zero-order valence-corrected chi connectivity index (χ0v) is 7.96. The van der Waals surface area contributed by atoms with E-state index in [0.29, 0.717) is 0 Å². The van der Waals surface area contributed by atoms with Gasteiger partial charge < -0.3 is 5.32 Å². The van der Waals surface area contributed by atoms with Crippen LogP contribution in [0.1, 0.15) is 6.92 Å². The van der Waals surface area contributed by atoms with Crippen molar-refractivity contribution in [3.8, 4) is 0 Å². The summed E-state index contributed by atoms with van der Waals surface area (Å²) in [4.78, 5) is 0. The average Bonchev–Trinajstić information content (AvgIpc) is 2.18. The van der Waals surface area contributed by atoms with Crippen LogP contribution in [0.5, 0.6) is 0 Å². The van der Waals surface area contributed by atoms with Crippen molar-refractivity contribution in [2.45, 2.75) is 13.0 Å². The predicted molar refractivity (Wildman–Crippen MR) is 58.9 cm³/mol. The first-order valence-electron chi connectivity index (χ1n) is 4.37. The molecule has 0 spiro atoms. The van der Waals surface area contributed by atoms with Crippen molar-refractivity contribution >= 4 is 5.69 Å². The molecule has 0 radical (unpaired) electrons. The van der Waals surface area contributed by atoms with Crippen molar-refractivity contribution in [3.63, 3.8) is 0 Å². The Kier molecular flexibility index (Phi) is 3.32. The Morgan fingerprint density at radius 2 is 2.00 bits per heavy atom. The molecule has 1 nitrogen and oxygen atoms in total. The second kappa shape index (κ2) is 4.51. The first-order valence-corrected chi connectivity index (χ1v) is 4.37. The molecule has 1 aromatic rings. The molecule has 0 heterocycles. The van der Waals surface area contributed by atoms with E-state index in [-0.39, 0.29) is 6.04 Å². The number of hydrogen-bond acceptors (Lipinski definition) is 1. The molecular weight excluding hydrogens is 158 g/mol. The molecular formula is C12H15N. The highest BCUT2D eigenvalue weighted by atomic mass is 14.9. The zero-order valence-electron chi connectivity index (χ0n) is 7.96. The third-order valence-corrected chi connectivity index (χ3v) is 1.98. The van der Waals surface area contributed by atoms with Crippen LogP contribution in [0.3, 0.4) is 0 Å². The van der Waals surface area contributed by atoms with Crippen molar-refractivity contribution in [1.82, 2.24) is 0 Å². The van der Waals surface area contributed by atoms with Crippen molar-refractivity contribution in [3.05, 3.63) is 55.1 Å². The van der Waals surface area contributed by atoms with Gasteiger partial charge in [0.05, 0.1) is 0 Å². The fraction of sp³-hybridized carbons (Fsp3) is 0.167. The number of rotatable bonds is 4.